The molecule has 1 saturated heterocycles. The lowest BCUT2D eigenvalue weighted by Gasteiger charge is -2.14. The third-order valence-electron chi connectivity index (χ3n) is 4.45. The minimum atomic E-state index is -0.568. The Bertz CT molecular complexity index is 1160. The van der Waals surface area contributed by atoms with E-state index in [0.717, 1.165) is 22.2 Å². The van der Waals surface area contributed by atoms with Crippen molar-refractivity contribution >= 4 is 56.5 Å². The summed E-state index contributed by atoms with van der Waals surface area (Å²) in [5, 5.41) is 2.19. The summed E-state index contributed by atoms with van der Waals surface area (Å²) in [7, 11) is 1.48. The van der Waals surface area contributed by atoms with Crippen molar-refractivity contribution in [1.29, 1.82) is 0 Å². The largest absolute Gasteiger partial charge is 0.493 e. The van der Waals surface area contributed by atoms with Crippen molar-refractivity contribution in [2.75, 3.05) is 25.6 Å². The van der Waals surface area contributed by atoms with Gasteiger partial charge in [0.1, 0.15) is 13.2 Å². The summed E-state index contributed by atoms with van der Waals surface area (Å²) in [5.74, 6) is 2.11. The number of amides is 3. The number of carbonyl (C=O) groups excluding carboxylic acids is 3. The van der Waals surface area contributed by atoms with E-state index >= 15 is 0 Å². The topological polar surface area (TPSA) is 84.9 Å². The molecular weight excluding hydrogens is 496 g/mol. The summed E-state index contributed by atoms with van der Waals surface area (Å²) in [6.07, 6.45) is 6.81. The first-order valence-corrected chi connectivity index (χ1v) is 11.0. The maximum Gasteiger partial charge on any atom is 0.294 e. The van der Waals surface area contributed by atoms with Crippen molar-refractivity contribution in [2.24, 2.45) is 0 Å². The Labute approximate surface area is 198 Å². The molecule has 32 heavy (non-hydrogen) atoms. The highest BCUT2D eigenvalue weighted by Gasteiger charge is 2.36. The van der Waals surface area contributed by atoms with Crippen LogP contribution in [0.3, 0.4) is 0 Å². The lowest BCUT2D eigenvalue weighted by Crippen LogP contribution is -2.36. The third kappa shape index (κ3) is 5.33. The fourth-order valence-corrected chi connectivity index (χ4v) is 4.22. The lowest BCUT2D eigenvalue weighted by molar-refractivity contribution is -0.127. The summed E-state index contributed by atoms with van der Waals surface area (Å²) in [4.78, 5) is 38.8. The number of ether oxygens (including phenoxy) is 2. The normalized spacial score (nSPS) is 14.4. The molecule has 1 N–H and O–H groups in total. The lowest BCUT2D eigenvalue weighted by atomic mass is 10.1. The quantitative estimate of drug-likeness (QED) is 0.433. The van der Waals surface area contributed by atoms with Crippen molar-refractivity contribution in [1.82, 2.24) is 4.90 Å². The van der Waals surface area contributed by atoms with Gasteiger partial charge in [0.25, 0.3) is 11.1 Å². The predicted molar refractivity (Wildman–Crippen MR) is 128 cm³/mol. The summed E-state index contributed by atoms with van der Waals surface area (Å²) < 4.78 is 11.6. The Hall–Kier alpha value is -3.22. The van der Waals surface area contributed by atoms with Crippen LogP contribution in [0.2, 0.25) is 0 Å². The number of aryl methyl sites for hydroxylation is 1. The number of methoxy groups -OCH3 is 1. The van der Waals surface area contributed by atoms with Crippen LogP contribution in [-0.4, -0.2) is 42.2 Å². The van der Waals surface area contributed by atoms with Gasteiger partial charge < -0.3 is 14.8 Å². The number of benzene rings is 2. The molecule has 3 amide bonds. The van der Waals surface area contributed by atoms with E-state index in [1.165, 1.54) is 13.2 Å². The molecular formula is C23H19BrN2O5S. The van der Waals surface area contributed by atoms with Crippen LogP contribution in [0.15, 0.2) is 45.8 Å². The van der Waals surface area contributed by atoms with E-state index in [4.69, 9.17) is 15.9 Å². The molecule has 0 radical (unpaired) electrons. The second-order valence-electron chi connectivity index (χ2n) is 6.65. The van der Waals surface area contributed by atoms with Gasteiger partial charge in [0, 0.05) is 15.7 Å². The van der Waals surface area contributed by atoms with Gasteiger partial charge in [0.2, 0.25) is 5.91 Å². The molecule has 0 aliphatic carbocycles. The standard InChI is InChI=1S/C23H19BrN2O5S/c1-4-9-31-21-15(10-16(24)12-18(21)30-3)11-19-22(28)26(23(29)32-19)13-20(27)25-17-8-6-5-7-14(17)2/h1,5-8,10-12H,9,13H2,2-3H3,(H,25,27)/b19-11+. The van der Waals surface area contributed by atoms with E-state index in [1.54, 1.807) is 24.3 Å². The average Bonchev–Trinajstić information content (AvgIpc) is 3.01. The van der Waals surface area contributed by atoms with Crippen LogP contribution in [0.25, 0.3) is 6.08 Å². The van der Waals surface area contributed by atoms with Gasteiger partial charge in [-0.05, 0) is 48.5 Å². The Morgan fingerprint density at radius 3 is 2.75 bits per heavy atom. The van der Waals surface area contributed by atoms with Gasteiger partial charge in [-0.2, -0.15) is 0 Å². The molecule has 1 aliphatic rings. The number of thioether (sulfide) groups is 1. The maximum atomic E-state index is 12.9. The molecule has 3 rings (SSSR count). The Kier molecular flexibility index (Phi) is 7.62. The van der Waals surface area contributed by atoms with Gasteiger partial charge in [-0.25, -0.2) is 0 Å². The molecule has 0 aromatic heterocycles. The molecule has 0 atom stereocenters. The third-order valence-corrected chi connectivity index (χ3v) is 5.81. The van der Waals surface area contributed by atoms with E-state index in [1.807, 2.05) is 19.1 Å². The summed E-state index contributed by atoms with van der Waals surface area (Å²) in [5.41, 5.74) is 2.00. The molecule has 9 heteroatoms. The Morgan fingerprint density at radius 1 is 1.31 bits per heavy atom. The molecule has 1 aliphatic heterocycles. The van der Waals surface area contributed by atoms with Crippen LogP contribution in [0.5, 0.6) is 11.5 Å². The highest BCUT2D eigenvalue weighted by Crippen LogP contribution is 2.39. The second-order valence-corrected chi connectivity index (χ2v) is 8.56. The SMILES string of the molecule is C#CCOc1c(/C=C2/SC(=O)N(CC(=O)Nc3ccccc3C)C2=O)cc(Br)cc1OC. The highest BCUT2D eigenvalue weighted by atomic mass is 79.9. The van der Waals surface area contributed by atoms with Crippen molar-refractivity contribution in [3.8, 4) is 23.8 Å². The number of nitrogens with one attached hydrogen (secondary N) is 1. The minimum absolute atomic E-state index is 0.000611. The number of halogens is 1. The smallest absolute Gasteiger partial charge is 0.294 e. The molecule has 7 nitrogen and oxygen atoms in total. The van der Waals surface area contributed by atoms with Crippen molar-refractivity contribution in [3.63, 3.8) is 0 Å². The molecule has 2 aromatic rings. The zero-order valence-electron chi connectivity index (χ0n) is 17.3. The van der Waals surface area contributed by atoms with Crippen LogP contribution in [-0.2, 0) is 9.59 Å². The van der Waals surface area contributed by atoms with Crippen molar-refractivity contribution in [3.05, 3.63) is 56.9 Å². The van der Waals surface area contributed by atoms with Gasteiger partial charge in [0.05, 0.1) is 12.0 Å². The molecule has 0 saturated carbocycles. The summed E-state index contributed by atoms with van der Waals surface area (Å²) >= 11 is 4.13. The van der Waals surface area contributed by atoms with Crippen LogP contribution in [0.4, 0.5) is 10.5 Å². The highest BCUT2D eigenvalue weighted by molar-refractivity contribution is 9.10. The molecule has 1 heterocycles. The Balaban J connectivity index is 1.83. The van der Waals surface area contributed by atoms with Gasteiger partial charge in [-0.1, -0.05) is 40.0 Å². The van der Waals surface area contributed by atoms with Crippen LogP contribution < -0.4 is 14.8 Å². The van der Waals surface area contributed by atoms with Crippen molar-refractivity contribution in [2.45, 2.75) is 6.92 Å². The fourth-order valence-electron chi connectivity index (χ4n) is 2.94. The van der Waals surface area contributed by atoms with E-state index < -0.39 is 23.6 Å². The average molecular weight is 515 g/mol. The molecule has 2 aromatic carbocycles. The van der Waals surface area contributed by atoms with Gasteiger partial charge in [-0.15, -0.1) is 6.42 Å². The zero-order chi connectivity index (χ0) is 23.3. The molecule has 0 spiro atoms. The molecule has 164 valence electrons. The van der Waals surface area contributed by atoms with Crippen molar-refractivity contribution < 1.29 is 23.9 Å². The van der Waals surface area contributed by atoms with Crippen LogP contribution in [0, 0.1) is 19.3 Å². The van der Waals surface area contributed by atoms with Gasteiger partial charge in [0.15, 0.2) is 11.5 Å². The van der Waals surface area contributed by atoms with Crippen LogP contribution in [0.1, 0.15) is 11.1 Å². The number of terminal acetylenes is 1. The van der Waals surface area contributed by atoms with Gasteiger partial charge in [-0.3, -0.25) is 19.3 Å². The zero-order valence-corrected chi connectivity index (χ0v) is 19.7. The first-order valence-electron chi connectivity index (χ1n) is 9.38. The van der Waals surface area contributed by atoms with E-state index in [0.29, 0.717) is 27.2 Å². The number of carbonyl (C=O) groups is 3. The van der Waals surface area contributed by atoms with E-state index in [9.17, 15) is 14.4 Å². The number of hydrogen-bond donors (Lipinski definition) is 1. The molecule has 1 fully saturated rings. The van der Waals surface area contributed by atoms with E-state index in [-0.39, 0.29) is 11.5 Å². The van der Waals surface area contributed by atoms with Crippen LogP contribution >= 0.6 is 27.7 Å². The predicted octanol–water partition coefficient (Wildman–Crippen LogP) is 4.45. The fraction of sp³-hybridized carbons (Fsp3) is 0.174. The second kappa shape index (κ2) is 10.4. The summed E-state index contributed by atoms with van der Waals surface area (Å²) in [6, 6.07) is 10.7. The number of anilines is 1. The Morgan fingerprint density at radius 2 is 2.06 bits per heavy atom. The molecule has 0 unspecified atom stereocenters. The number of nitrogens with zero attached hydrogens (tertiary/aromatic N) is 1. The first kappa shape index (κ1) is 23.4. The van der Waals surface area contributed by atoms with E-state index in [2.05, 4.69) is 27.2 Å². The monoisotopic (exact) mass is 514 g/mol. The number of para-hydroxylation sites is 1. The first-order chi connectivity index (χ1) is 15.3. The maximum absolute atomic E-state index is 12.9. The number of hydrogen-bond acceptors (Lipinski definition) is 6. The summed E-state index contributed by atoms with van der Waals surface area (Å²) in [6.45, 7) is 1.46. The molecule has 0 bridgehead atoms. The number of rotatable bonds is 7. The minimum Gasteiger partial charge on any atom is -0.493 e. The van der Waals surface area contributed by atoms with Gasteiger partial charge >= 0.3 is 0 Å². The number of imide groups is 1.